The number of hydrogen-bond donors (Lipinski definition) is 1. The second-order valence-electron chi connectivity index (χ2n) is 14.4. The molecule has 0 aromatic heterocycles. The van der Waals surface area contributed by atoms with Crippen LogP contribution < -0.4 is 0 Å². The van der Waals surface area contributed by atoms with Crippen LogP contribution in [0.1, 0.15) is 86.5 Å². The molecule has 0 amide bonds. The molecule has 0 spiro atoms. The summed E-state index contributed by atoms with van der Waals surface area (Å²) in [4.78, 5) is 40.7. The van der Waals surface area contributed by atoms with Crippen LogP contribution in [0.3, 0.4) is 0 Å². The van der Waals surface area contributed by atoms with Gasteiger partial charge in [-0.25, -0.2) is 0 Å². The Balaban J connectivity index is 1.71. The molecule has 5 aliphatic carbocycles. The molecule has 6 heteroatoms. The number of ketones is 2. The normalized spacial score (nSPS) is 45.6. The quantitative estimate of drug-likeness (QED) is 0.495. The van der Waals surface area contributed by atoms with Crippen molar-refractivity contribution in [2.24, 2.45) is 44.8 Å². The van der Waals surface area contributed by atoms with Gasteiger partial charge in [-0.3, -0.25) is 14.4 Å². The summed E-state index contributed by atoms with van der Waals surface area (Å²) in [6, 6.07) is 2.12. The van der Waals surface area contributed by atoms with Gasteiger partial charge in [0.1, 0.15) is 11.7 Å². The summed E-state index contributed by atoms with van der Waals surface area (Å²) < 4.78 is 5.31. The largest absolute Gasteiger partial charge is 0.469 e. The second-order valence-corrected chi connectivity index (χ2v) is 14.4. The summed E-state index contributed by atoms with van der Waals surface area (Å²) in [7, 11) is 1.40. The number of ether oxygens (including phenoxy) is 1. The minimum atomic E-state index is -1.66. The Morgan fingerprint density at radius 3 is 2.27 bits per heavy atom. The maximum atomic E-state index is 14.2. The van der Waals surface area contributed by atoms with Crippen LogP contribution in [-0.2, 0) is 19.1 Å². The van der Waals surface area contributed by atoms with E-state index < -0.39 is 33.2 Å². The summed E-state index contributed by atoms with van der Waals surface area (Å²) in [6.07, 6.45) is 8.14. The Kier molecular flexibility index (Phi) is 5.45. The maximum Gasteiger partial charge on any atom is 0.312 e. The number of Topliss-reactive ketones (excluding diaryl/α,β-unsaturated/α-hetero) is 1. The van der Waals surface area contributed by atoms with Crippen LogP contribution >= 0.6 is 0 Å². The number of fused-ring (bicyclic) bond motifs is 7. The van der Waals surface area contributed by atoms with E-state index in [0.29, 0.717) is 25.7 Å². The van der Waals surface area contributed by atoms with Crippen LogP contribution in [0.15, 0.2) is 23.3 Å². The van der Waals surface area contributed by atoms with Crippen molar-refractivity contribution in [2.75, 3.05) is 7.11 Å². The number of nitrogens with zero attached hydrogens (tertiary/aromatic N) is 1. The van der Waals surface area contributed by atoms with E-state index in [9.17, 15) is 24.8 Å². The first kappa shape index (κ1) is 26.4. The highest BCUT2D eigenvalue weighted by Gasteiger charge is 2.72. The van der Waals surface area contributed by atoms with Gasteiger partial charge in [0.05, 0.1) is 18.1 Å². The molecule has 3 fully saturated rings. The van der Waals surface area contributed by atoms with Crippen molar-refractivity contribution in [1.29, 1.82) is 5.26 Å². The lowest BCUT2D eigenvalue weighted by Gasteiger charge is -2.66. The smallest absolute Gasteiger partial charge is 0.312 e. The number of rotatable bonds is 1. The minimum Gasteiger partial charge on any atom is -0.469 e. The molecule has 0 saturated heterocycles. The van der Waals surface area contributed by atoms with Crippen molar-refractivity contribution in [2.45, 2.75) is 92.1 Å². The van der Waals surface area contributed by atoms with Crippen molar-refractivity contribution in [1.82, 2.24) is 0 Å². The molecule has 0 heterocycles. The molecule has 3 saturated carbocycles. The minimum absolute atomic E-state index is 0.0470. The van der Waals surface area contributed by atoms with Gasteiger partial charge in [0, 0.05) is 22.7 Å². The van der Waals surface area contributed by atoms with E-state index >= 15 is 0 Å². The lowest BCUT2D eigenvalue weighted by molar-refractivity contribution is -0.218. The lowest BCUT2D eigenvalue weighted by Crippen LogP contribution is -2.70. The molecule has 0 bridgehead atoms. The molecular formula is C31H41NO5. The number of hydrogen-bond acceptors (Lipinski definition) is 6. The third-order valence-electron chi connectivity index (χ3n) is 11.8. The molecule has 0 aromatic rings. The highest BCUT2D eigenvalue weighted by Crippen LogP contribution is 2.71. The number of carbonyl (C=O) groups is 3. The average Bonchev–Trinajstić information content (AvgIpc) is 2.82. The molecule has 0 radical (unpaired) electrons. The maximum absolute atomic E-state index is 14.2. The number of nitriles is 1. The van der Waals surface area contributed by atoms with Crippen molar-refractivity contribution in [3.63, 3.8) is 0 Å². The number of aliphatic hydroxyl groups is 1. The Bertz CT molecular complexity index is 1200. The first-order valence-corrected chi connectivity index (χ1v) is 13.8. The monoisotopic (exact) mass is 507 g/mol. The standard InChI is InChI=1S/C31H41NO5/c1-26(2)12-13-30(25(35)37-7)11-9-20-28(5)10-8-19-27(3,4)24(34)18(17-32)15-29(19,6)21(28)14-23(33)31(20,36)22(30)16-26/h14-15,19-20,22,36H,8-13,16H2,1-7H3/t19?,20?,22?,28-,29-,30+,31+/m0/s1. The van der Waals surface area contributed by atoms with Crippen LogP contribution in [0.2, 0.25) is 0 Å². The van der Waals surface area contributed by atoms with Crippen LogP contribution in [0.5, 0.6) is 0 Å². The van der Waals surface area contributed by atoms with E-state index in [-0.39, 0.29) is 40.4 Å². The predicted octanol–water partition coefficient (Wildman–Crippen LogP) is 5.10. The second kappa shape index (κ2) is 7.65. The number of esters is 1. The molecule has 3 unspecified atom stereocenters. The molecule has 0 aliphatic heterocycles. The first-order chi connectivity index (χ1) is 17.0. The van der Waals surface area contributed by atoms with E-state index in [0.717, 1.165) is 24.8 Å². The number of methoxy groups -OCH3 is 1. The van der Waals surface area contributed by atoms with E-state index in [1.807, 2.05) is 13.8 Å². The van der Waals surface area contributed by atoms with Gasteiger partial charge in [0.25, 0.3) is 0 Å². The molecule has 6 nitrogen and oxygen atoms in total. The summed E-state index contributed by atoms with van der Waals surface area (Å²) in [5, 5.41) is 22.4. The molecule has 37 heavy (non-hydrogen) atoms. The van der Waals surface area contributed by atoms with Gasteiger partial charge in [-0.15, -0.1) is 0 Å². The first-order valence-electron chi connectivity index (χ1n) is 13.8. The highest BCUT2D eigenvalue weighted by molar-refractivity contribution is 6.05. The number of allylic oxidation sites excluding steroid dienone is 3. The van der Waals surface area contributed by atoms with Crippen molar-refractivity contribution < 1.29 is 24.2 Å². The lowest BCUT2D eigenvalue weighted by atomic mass is 9.37. The van der Waals surface area contributed by atoms with Gasteiger partial charge in [-0.05, 0) is 67.8 Å². The summed E-state index contributed by atoms with van der Waals surface area (Å²) >= 11 is 0. The molecule has 5 rings (SSSR count). The molecule has 1 N–H and O–H groups in total. The molecule has 7 atom stereocenters. The van der Waals surface area contributed by atoms with Crippen molar-refractivity contribution >= 4 is 17.5 Å². The summed E-state index contributed by atoms with van der Waals surface area (Å²) in [6.45, 7) is 12.4. The van der Waals surface area contributed by atoms with E-state index in [2.05, 4.69) is 33.8 Å². The Morgan fingerprint density at radius 2 is 1.65 bits per heavy atom. The van der Waals surface area contributed by atoms with Gasteiger partial charge >= 0.3 is 5.97 Å². The van der Waals surface area contributed by atoms with E-state index in [4.69, 9.17) is 4.74 Å². The van der Waals surface area contributed by atoms with Gasteiger partial charge in [-0.2, -0.15) is 5.26 Å². The summed E-state index contributed by atoms with van der Waals surface area (Å²) in [5.74, 6) is -1.68. The van der Waals surface area contributed by atoms with Gasteiger partial charge in [0.15, 0.2) is 11.6 Å². The Labute approximate surface area is 220 Å². The highest BCUT2D eigenvalue weighted by atomic mass is 16.5. The van der Waals surface area contributed by atoms with Crippen LogP contribution in [0, 0.1) is 56.2 Å². The molecular weight excluding hydrogens is 466 g/mol. The van der Waals surface area contributed by atoms with Crippen molar-refractivity contribution in [3.8, 4) is 6.07 Å². The van der Waals surface area contributed by atoms with Crippen molar-refractivity contribution in [3.05, 3.63) is 23.3 Å². The zero-order valence-corrected chi connectivity index (χ0v) is 23.4. The predicted molar refractivity (Wildman–Crippen MR) is 138 cm³/mol. The number of carbonyl (C=O) groups excluding carboxylic acids is 3. The fourth-order valence-electron chi connectivity index (χ4n) is 9.88. The van der Waals surface area contributed by atoms with Crippen LogP contribution in [-0.4, -0.2) is 35.4 Å². The molecule has 5 aliphatic rings. The fraction of sp³-hybridized carbons (Fsp3) is 0.742. The topological polar surface area (TPSA) is 104 Å². The molecule has 0 aromatic carbocycles. The van der Waals surface area contributed by atoms with Crippen LogP contribution in [0.4, 0.5) is 0 Å². The average molecular weight is 508 g/mol. The zero-order valence-electron chi connectivity index (χ0n) is 23.4. The Hall–Kier alpha value is -2.26. The van der Waals surface area contributed by atoms with E-state index in [1.165, 1.54) is 7.11 Å². The van der Waals surface area contributed by atoms with Gasteiger partial charge < -0.3 is 9.84 Å². The van der Waals surface area contributed by atoms with Gasteiger partial charge in [0.2, 0.25) is 0 Å². The zero-order chi connectivity index (χ0) is 27.4. The van der Waals surface area contributed by atoms with Gasteiger partial charge in [-0.1, -0.05) is 53.2 Å². The fourth-order valence-corrected chi connectivity index (χ4v) is 9.88. The molecule has 200 valence electrons. The Morgan fingerprint density at radius 1 is 1.00 bits per heavy atom. The van der Waals surface area contributed by atoms with Crippen LogP contribution in [0.25, 0.3) is 0 Å². The SMILES string of the molecule is COC(=O)[C@@]12CCC3[C@](O)(C(=O)C=C4[C@@]5(C)C=C(C#N)C(=O)C(C)(C)C5CC[C@]43C)C1CC(C)(C)CC2. The van der Waals surface area contributed by atoms with E-state index in [1.54, 1.807) is 12.2 Å². The summed E-state index contributed by atoms with van der Waals surface area (Å²) in [5.41, 5.74) is -3.40. The third kappa shape index (κ3) is 3.10. The third-order valence-corrected chi connectivity index (χ3v) is 11.8.